The van der Waals surface area contributed by atoms with Crippen LogP contribution in [-0.2, 0) is 21.1 Å². The second-order valence-electron chi connectivity index (χ2n) is 5.38. The zero-order chi connectivity index (χ0) is 16.3. The van der Waals surface area contributed by atoms with Crippen molar-refractivity contribution in [3.63, 3.8) is 0 Å². The summed E-state index contributed by atoms with van der Waals surface area (Å²) >= 11 is 1.48. The van der Waals surface area contributed by atoms with E-state index in [0.29, 0.717) is 19.4 Å². The monoisotopic (exact) mass is 352 g/mol. The molecule has 0 aliphatic carbocycles. The van der Waals surface area contributed by atoms with Gasteiger partial charge in [0, 0.05) is 30.7 Å². The molecule has 0 unspecified atom stereocenters. The van der Waals surface area contributed by atoms with E-state index in [0.717, 1.165) is 16.4 Å². The lowest BCUT2D eigenvalue weighted by Gasteiger charge is -2.08. The molecule has 2 aromatic heterocycles. The van der Waals surface area contributed by atoms with Crippen LogP contribution in [0.5, 0.6) is 0 Å². The van der Waals surface area contributed by atoms with Gasteiger partial charge in [0.05, 0.1) is 29.3 Å². The molecule has 9 heteroatoms. The van der Waals surface area contributed by atoms with Crippen LogP contribution in [0.4, 0.5) is 0 Å². The third kappa shape index (κ3) is 4.11. The Hall–Kier alpha value is -1.87. The third-order valence-electron chi connectivity index (χ3n) is 3.62. The fraction of sp³-hybridized carbons (Fsp3) is 0.429. The van der Waals surface area contributed by atoms with Crippen LogP contribution in [0.15, 0.2) is 24.0 Å². The molecular weight excluding hydrogens is 336 g/mol. The van der Waals surface area contributed by atoms with Crippen LogP contribution in [0, 0.1) is 5.92 Å². The van der Waals surface area contributed by atoms with Gasteiger partial charge in [0.15, 0.2) is 9.84 Å². The zero-order valence-corrected chi connectivity index (χ0v) is 13.9. The van der Waals surface area contributed by atoms with Gasteiger partial charge in [-0.05, 0) is 6.42 Å². The fourth-order valence-corrected chi connectivity index (χ4v) is 4.96. The van der Waals surface area contributed by atoms with E-state index in [-0.39, 0.29) is 17.4 Å². The lowest BCUT2D eigenvalue weighted by Crippen LogP contribution is -2.32. The van der Waals surface area contributed by atoms with Gasteiger partial charge in [-0.25, -0.2) is 13.4 Å². The van der Waals surface area contributed by atoms with Crippen molar-refractivity contribution < 1.29 is 13.2 Å². The molecule has 2 aromatic rings. The number of carbonyl (C=O) groups is 1. The number of sulfone groups is 1. The highest BCUT2D eigenvalue weighted by Crippen LogP contribution is 2.21. The van der Waals surface area contributed by atoms with Gasteiger partial charge in [0.1, 0.15) is 10.7 Å². The standard InChI is InChI=1S/C14H16N4O3S2/c19-13(10-2-6-23(20,21)9-10)17-3-1-11-8-22-14(18-11)12-7-15-4-5-16-12/h4-5,7-8,10H,1-3,6,9H2,(H,17,19)/t10-/m0/s1. The molecule has 3 rings (SSSR count). The highest BCUT2D eigenvalue weighted by atomic mass is 32.2. The first-order valence-electron chi connectivity index (χ1n) is 7.22. The van der Waals surface area contributed by atoms with E-state index in [1.165, 1.54) is 11.3 Å². The summed E-state index contributed by atoms with van der Waals surface area (Å²) < 4.78 is 22.8. The van der Waals surface area contributed by atoms with E-state index in [1.807, 2.05) is 5.38 Å². The van der Waals surface area contributed by atoms with Crippen LogP contribution in [0.2, 0.25) is 0 Å². The van der Waals surface area contributed by atoms with Crippen molar-refractivity contribution in [2.45, 2.75) is 12.8 Å². The fourth-order valence-electron chi connectivity index (χ4n) is 2.41. The summed E-state index contributed by atoms with van der Waals surface area (Å²) in [5.74, 6) is -0.522. The zero-order valence-electron chi connectivity index (χ0n) is 12.3. The van der Waals surface area contributed by atoms with Crippen LogP contribution in [0.25, 0.3) is 10.7 Å². The van der Waals surface area contributed by atoms with Crippen molar-refractivity contribution in [1.29, 1.82) is 0 Å². The van der Waals surface area contributed by atoms with Crippen molar-refractivity contribution in [3.8, 4) is 10.7 Å². The van der Waals surface area contributed by atoms with Gasteiger partial charge in [0.25, 0.3) is 0 Å². The average molecular weight is 352 g/mol. The van der Waals surface area contributed by atoms with Gasteiger partial charge in [-0.15, -0.1) is 11.3 Å². The number of aromatic nitrogens is 3. The molecule has 1 fully saturated rings. The highest BCUT2D eigenvalue weighted by molar-refractivity contribution is 7.91. The Morgan fingerprint density at radius 2 is 2.26 bits per heavy atom. The van der Waals surface area contributed by atoms with Crippen LogP contribution in [0.3, 0.4) is 0 Å². The maximum absolute atomic E-state index is 11.9. The Balaban J connectivity index is 1.50. The summed E-state index contributed by atoms with van der Waals surface area (Å²) in [6.07, 6.45) is 5.90. The van der Waals surface area contributed by atoms with Gasteiger partial charge < -0.3 is 5.32 Å². The second kappa shape index (κ2) is 6.71. The van der Waals surface area contributed by atoms with Crippen molar-refractivity contribution in [1.82, 2.24) is 20.3 Å². The first kappa shape index (κ1) is 16.0. The number of carbonyl (C=O) groups excluding carboxylic acids is 1. The summed E-state index contributed by atoms with van der Waals surface area (Å²) in [6, 6.07) is 0. The Morgan fingerprint density at radius 1 is 1.39 bits per heavy atom. The van der Waals surface area contributed by atoms with E-state index in [2.05, 4.69) is 20.3 Å². The largest absolute Gasteiger partial charge is 0.355 e. The molecule has 3 heterocycles. The Labute approximate surface area is 138 Å². The quantitative estimate of drug-likeness (QED) is 0.849. The molecule has 0 radical (unpaired) electrons. The van der Waals surface area contributed by atoms with Crippen molar-refractivity contribution in [2.24, 2.45) is 5.92 Å². The molecule has 122 valence electrons. The number of rotatable bonds is 5. The smallest absolute Gasteiger partial charge is 0.224 e. The van der Waals surface area contributed by atoms with Crippen LogP contribution in [0.1, 0.15) is 12.1 Å². The summed E-state index contributed by atoms with van der Waals surface area (Å²) in [7, 11) is -3.03. The van der Waals surface area contributed by atoms with E-state index >= 15 is 0 Å². The second-order valence-corrected chi connectivity index (χ2v) is 8.46. The maximum Gasteiger partial charge on any atom is 0.224 e. The maximum atomic E-state index is 11.9. The Bertz CT molecular complexity index is 789. The molecule has 23 heavy (non-hydrogen) atoms. The summed E-state index contributed by atoms with van der Waals surface area (Å²) in [6.45, 7) is 0.443. The number of nitrogens with zero attached hydrogens (tertiary/aromatic N) is 3. The molecule has 0 aromatic carbocycles. The molecule has 1 aliphatic heterocycles. The van der Waals surface area contributed by atoms with Gasteiger partial charge in [-0.3, -0.25) is 14.8 Å². The summed E-state index contributed by atoms with van der Waals surface area (Å²) in [5.41, 5.74) is 1.60. The molecule has 1 saturated heterocycles. The van der Waals surface area contributed by atoms with Crippen molar-refractivity contribution in [2.75, 3.05) is 18.1 Å². The van der Waals surface area contributed by atoms with Crippen molar-refractivity contribution in [3.05, 3.63) is 29.7 Å². The molecule has 1 atom stereocenters. The molecule has 7 nitrogen and oxygen atoms in total. The van der Waals surface area contributed by atoms with Crippen LogP contribution >= 0.6 is 11.3 Å². The van der Waals surface area contributed by atoms with Crippen LogP contribution < -0.4 is 5.32 Å². The van der Waals surface area contributed by atoms with Gasteiger partial charge >= 0.3 is 0 Å². The van der Waals surface area contributed by atoms with Crippen molar-refractivity contribution >= 4 is 27.1 Å². The molecule has 0 bridgehead atoms. The number of hydrogen-bond acceptors (Lipinski definition) is 7. The number of hydrogen-bond donors (Lipinski definition) is 1. The van der Waals surface area contributed by atoms with E-state index in [4.69, 9.17) is 0 Å². The highest BCUT2D eigenvalue weighted by Gasteiger charge is 2.32. The molecule has 0 spiro atoms. The van der Waals surface area contributed by atoms with E-state index in [1.54, 1.807) is 18.6 Å². The summed E-state index contributed by atoms with van der Waals surface area (Å²) in [4.78, 5) is 24.6. The molecule has 1 N–H and O–H groups in total. The van der Waals surface area contributed by atoms with E-state index < -0.39 is 15.8 Å². The SMILES string of the molecule is O=C(NCCc1csc(-c2cnccn2)n1)[C@H]1CCS(=O)(=O)C1. The van der Waals surface area contributed by atoms with E-state index in [9.17, 15) is 13.2 Å². The predicted octanol–water partition coefficient (Wildman–Crippen LogP) is 0.693. The topological polar surface area (TPSA) is 102 Å². The molecule has 0 saturated carbocycles. The van der Waals surface area contributed by atoms with Gasteiger partial charge in [0.2, 0.25) is 5.91 Å². The third-order valence-corrected chi connectivity index (χ3v) is 6.30. The van der Waals surface area contributed by atoms with Gasteiger partial charge in [-0.2, -0.15) is 0 Å². The lowest BCUT2D eigenvalue weighted by molar-refractivity contribution is -0.124. The Morgan fingerprint density at radius 3 is 2.96 bits per heavy atom. The Kier molecular flexibility index (Phi) is 4.67. The minimum Gasteiger partial charge on any atom is -0.355 e. The lowest BCUT2D eigenvalue weighted by atomic mass is 10.1. The minimum atomic E-state index is -3.03. The first-order chi connectivity index (χ1) is 11.0. The number of nitrogens with one attached hydrogen (secondary N) is 1. The van der Waals surface area contributed by atoms with Crippen LogP contribution in [-0.4, -0.2) is 47.3 Å². The number of thiazole rings is 1. The average Bonchev–Trinajstić information content (AvgIpc) is 3.14. The first-order valence-corrected chi connectivity index (χ1v) is 9.92. The molecular formula is C14H16N4O3S2. The molecule has 1 aliphatic rings. The summed E-state index contributed by atoms with van der Waals surface area (Å²) in [5, 5.41) is 5.51. The van der Waals surface area contributed by atoms with Gasteiger partial charge in [-0.1, -0.05) is 0 Å². The minimum absolute atomic E-state index is 0.0354. The molecule has 1 amide bonds. The number of amides is 1. The predicted molar refractivity (Wildman–Crippen MR) is 86.6 cm³/mol. The normalized spacial score (nSPS) is 19.6.